The van der Waals surface area contributed by atoms with Crippen LogP contribution in [0.25, 0.3) is 0 Å². The maximum atomic E-state index is 12.4. The molecule has 1 aliphatic rings. The van der Waals surface area contributed by atoms with Gasteiger partial charge in [-0.3, -0.25) is 9.69 Å². The predicted octanol–water partition coefficient (Wildman–Crippen LogP) is 2.87. The molecule has 0 atom stereocenters. The average molecular weight is 288 g/mol. The first-order chi connectivity index (χ1) is 10.2. The Morgan fingerprint density at radius 1 is 1.14 bits per heavy atom. The molecule has 1 heterocycles. The Morgan fingerprint density at radius 3 is 2.57 bits per heavy atom. The van der Waals surface area contributed by atoms with Gasteiger partial charge in [-0.05, 0) is 25.5 Å². The zero-order valence-corrected chi connectivity index (χ0v) is 13.5. The van der Waals surface area contributed by atoms with E-state index in [1.807, 2.05) is 17.0 Å². The van der Waals surface area contributed by atoms with Gasteiger partial charge in [0, 0.05) is 26.2 Å². The number of carbonyl (C=O) groups is 1. The van der Waals surface area contributed by atoms with E-state index in [0.29, 0.717) is 6.42 Å². The summed E-state index contributed by atoms with van der Waals surface area (Å²) in [6, 6.07) is 8.26. The van der Waals surface area contributed by atoms with Crippen molar-refractivity contribution in [2.24, 2.45) is 0 Å². The van der Waals surface area contributed by atoms with Crippen molar-refractivity contribution < 1.29 is 4.79 Å². The number of nitrogens with zero attached hydrogens (tertiary/aromatic N) is 2. The highest BCUT2D eigenvalue weighted by molar-refractivity contribution is 5.78. The average Bonchev–Trinajstić information content (AvgIpc) is 2.48. The van der Waals surface area contributed by atoms with Crippen LogP contribution in [0, 0.1) is 6.92 Å². The molecule has 0 bridgehead atoms. The summed E-state index contributed by atoms with van der Waals surface area (Å²) in [5, 5.41) is 0. The predicted molar refractivity (Wildman–Crippen MR) is 87.4 cm³/mol. The van der Waals surface area contributed by atoms with Crippen LogP contribution < -0.4 is 0 Å². The van der Waals surface area contributed by atoms with Crippen LogP contribution in [0.5, 0.6) is 0 Å². The first-order valence-electron chi connectivity index (χ1n) is 8.24. The van der Waals surface area contributed by atoms with Gasteiger partial charge in [0.1, 0.15) is 0 Å². The van der Waals surface area contributed by atoms with E-state index in [1.165, 1.54) is 31.4 Å². The molecule has 1 aliphatic heterocycles. The Hall–Kier alpha value is -1.35. The maximum Gasteiger partial charge on any atom is 0.227 e. The molecule has 0 radical (unpaired) electrons. The van der Waals surface area contributed by atoms with E-state index in [-0.39, 0.29) is 5.91 Å². The van der Waals surface area contributed by atoms with Crippen LogP contribution in [0.2, 0.25) is 0 Å². The van der Waals surface area contributed by atoms with Crippen molar-refractivity contribution >= 4 is 5.91 Å². The van der Waals surface area contributed by atoms with Gasteiger partial charge in [-0.15, -0.1) is 0 Å². The highest BCUT2D eigenvalue weighted by Crippen LogP contribution is 2.09. The number of hydrogen-bond donors (Lipinski definition) is 0. The number of unbranched alkanes of at least 4 members (excludes halogenated alkanes) is 2. The van der Waals surface area contributed by atoms with Crippen molar-refractivity contribution in [1.82, 2.24) is 9.80 Å². The molecule has 116 valence electrons. The fourth-order valence-corrected chi connectivity index (χ4v) is 2.91. The molecule has 21 heavy (non-hydrogen) atoms. The second-order valence-corrected chi connectivity index (χ2v) is 6.10. The molecule has 1 amide bonds. The number of hydrogen-bond acceptors (Lipinski definition) is 2. The van der Waals surface area contributed by atoms with Crippen molar-refractivity contribution in [1.29, 1.82) is 0 Å². The zero-order chi connectivity index (χ0) is 15.1. The molecule has 1 saturated heterocycles. The van der Waals surface area contributed by atoms with E-state index in [0.717, 1.165) is 31.7 Å². The second-order valence-electron chi connectivity index (χ2n) is 6.10. The van der Waals surface area contributed by atoms with Gasteiger partial charge in [0.05, 0.1) is 6.42 Å². The summed E-state index contributed by atoms with van der Waals surface area (Å²) in [6.45, 7) is 9.33. The topological polar surface area (TPSA) is 23.6 Å². The lowest BCUT2D eigenvalue weighted by Gasteiger charge is -2.34. The van der Waals surface area contributed by atoms with Crippen molar-refractivity contribution in [3.63, 3.8) is 0 Å². The van der Waals surface area contributed by atoms with Crippen LogP contribution in [-0.2, 0) is 11.2 Å². The van der Waals surface area contributed by atoms with Crippen LogP contribution in [0.4, 0.5) is 0 Å². The van der Waals surface area contributed by atoms with Gasteiger partial charge in [0.2, 0.25) is 5.91 Å². The Bertz CT molecular complexity index is 450. The third kappa shape index (κ3) is 5.16. The van der Waals surface area contributed by atoms with E-state index < -0.39 is 0 Å². The summed E-state index contributed by atoms with van der Waals surface area (Å²) in [7, 11) is 0. The molecule has 3 heteroatoms. The maximum absolute atomic E-state index is 12.4. The van der Waals surface area contributed by atoms with Crippen LogP contribution in [0.15, 0.2) is 24.3 Å². The summed E-state index contributed by atoms with van der Waals surface area (Å²) < 4.78 is 0. The number of benzene rings is 1. The number of amides is 1. The molecule has 3 nitrogen and oxygen atoms in total. The van der Waals surface area contributed by atoms with E-state index in [4.69, 9.17) is 0 Å². The first kappa shape index (κ1) is 16.0. The summed E-state index contributed by atoms with van der Waals surface area (Å²) in [5.74, 6) is 0.272. The molecule has 0 aliphatic carbocycles. The highest BCUT2D eigenvalue weighted by Gasteiger charge is 2.20. The molecule has 1 fully saturated rings. The molecule has 1 aromatic carbocycles. The summed E-state index contributed by atoms with van der Waals surface area (Å²) >= 11 is 0. The fraction of sp³-hybridized carbons (Fsp3) is 0.611. The largest absolute Gasteiger partial charge is 0.340 e. The minimum atomic E-state index is 0.272. The number of rotatable bonds is 6. The van der Waals surface area contributed by atoms with Crippen molar-refractivity contribution in [2.75, 3.05) is 32.7 Å². The molecular formula is C18H28N2O. The Labute approximate surface area is 128 Å². The van der Waals surface area contributed by atoms with Crippen LogP contribution >= 0.6 is 0 Å². The molecule has 2 rings (SSSR count). The normalized spacial score (nSPS) is 16.2. The standard InChI is InChI=1S/C18H28N2O/c1-3-4-5-9-19-10-12-20(13-11-19)18(21)15-17-8-6-7-16(2)14-17/h6-8,14H,3-5,9-13,15H2,1-2H3. The van der Waals surface area contributed by atoms with Gasteiger partial charge in [-0.1, -0.05) is 49.6 Å². The van der Waals surface area contributed by atoms with Crippen molar-refractivity contribution in [3.05, 3.63) is 35.4 Å². The van der Waals surface area contributed by atoms with Crippen LogP contribution in [-0.4, -0.2) is 48.4 Å². The molecular weight excluding hydrogens is 260 g/mol. The van der Waals surface area contributed by atoms with Gasteiger partial charge < -0.3 is 4.90 Å². The van der Waals surface area contributed by atoms with Crippen molar-refractivity contribution in [2.45, 2.75) is 39.5 Å². The summed E-state index contributed by atoms with van der Waals surface area (Å²) in [5.41, 5.74) is 2.35. The molecule has 0 unspecified atom stereocenters. The molecule has 1 aromatic rings. The van der Waals surface area contributed by atoms with Crippen LogP contribution in [0.1, 0.15) is 37.3 Å². The van der Waals surface area contributed by atoms with Crippen molar-refractivity contribution in [3.8, 4) is 0 Å². The smallest absolute Gasteiger partial charge is 0.227 e. The Morgan fingerprint density at radius 2 is 1.90 bits per heavy atom. The fourth-order valence-electron chi connectivity index (χ4n) is 2.91. The van der Waals surface area contributed by atoms with Gasteiger partial charge in [0.15, 0.2) is 0 Å². The van der Waals surface area contributed by atoms with Crippen LogP contribution in [0.3, 0.4) is 0 Å². The SMILES string of the molecule is CCCCCN1CCN(C(=O)Cc2cccc(C)c2)CC1. The Kier molecular flexibility index (Phi) is 6.24. The molecule has 0 aromatic heterocycles. The van der Waals surface area contributed by atoms with E-state index in [2.05, 4.69) is 30.9 Å². The third-order valence-electron chi connectivity index (χ3n) is 4.24. The summed E-state index contributed by atoms with van der Waals surface area (Å²) in [4.78, 5) is 16.9. The Balaban J connectivity index is 1.75. The van der Waals surface area contributed by atoms with Gasteiger partial charge in [-0.25, -0.2) is 0 Å². The summed E-state index contributed by atoms with van der Waals surface area (Å²) in [6.07, 6.45) is 4.41. The number of aryl methyl sites for hydroxylation is 1. The second kappa shape index (κ2) is 8.18. The van der Waals surface area contributed by atoms with Gasteiger partial charge in [-0.2, -0.15) is 0 Å². The van der Waals surface area contributed by atoms with E-state index in [1.54, 1.807) is 0 Å². The quantitative estimate of drug-likeness (QED) is 0.752. The minimum Gasteiger partial charge on any atom is -0.340 e. The molecule has 0 saturated carbocycles. The van der Waals surface area contributed by atoms with Gasteiger partial charge >= 0.3 is 0 Å². The first-order valence-corrected chi connectivity index (χ1v) is 8.24. The highest BCUT2D eigenvalue weighted by atomic mass is 16.2. The lowest BCUT2D eigenvalue weighted by atomic mass is 10.1. The minimum absolute atomic E-state index is 0.272. The van der Waals surface area contributed by atoms with Gasteiger partial charge in [0.25, 0.3) is 0 Å². The van der Waals surface area contributed by atoms with E-state index in [9.17, 15) is 4.79 Å². The third-order valence-corrected chi connectivity index (χ3v) is 4.24. The number of carbonyl (C=O) groups excluding carboxylic acids is 1. The molecule has 0 N–H and O–H groups in total. The number of piperazine rings is 1. The lowest BCUT2D eigenvalue weighted by molar-refractivity contribution is -0.132. The molecule has 0 spiro atoms. The lowest BCUT2D eigenvalue weighted by Crippen LogP contribution is -2.49. The monoisotopic (exact) mass is 288 g/mol. The zero-order valence-electron chi connectivity index (χ0n) is 13.5. The van der Waals surface area contributed by atoms with E-state index >= 15 is 0 Å².